The first-order chi connectivity index (χ1) is 12.9. The van der Waals surface area contributed by atoms with Crippen LogP contribution in [-0.4, -0.2) is 17.9 Å². The molecule has 3 aromatic rings. The molecule has 4 nitrogen and oxygen atoms in total. The van der Waals surface area contributed by atoms with Gasteiger partial charge in [-0.05, 0) is 35.2 Å². The molecule has 3 rings (SSSR count). The van der Waals surface area contributed by atoms with Crippen LogP contribution in [0.1, 0.15) is 36.7 Å². The molecule has 2 aromatic carbocycles. The Kier molecular flexibility index (Phi) is 5.26. The molecular formula is C23H25N3O. The van der Waals surface area contributed by atoms with Crippen LogP contribution in [0.2, 0.25) is 0 Å². The van der Waals surface area contributed by atoms with E-state index in [1.54, 1.807) is 12.4 Å². The zero-order chi connectivity index (χ0) is 19.4. The van der Waals surface area contributed by atoms with Crippen molar-refractivity contribution < 1.29 is 4.79 Å². The molecule has 0 radical (unpaired) electrons. The van der Waals surface area contributed by atoms with Gasteiger partial charge in [-0.2, -0.15) is 0 Å². The molecule has 138 valence electrons. The van der Waals surface area contributed by atoms with Crippen molar-refractivity contribution in [3.63, 3.8) is 0 Å². The van der Waals surface area contributed by atoms with E-state index in [0.717, 1.165) is 22.6 Å². The van der Waals surface area contributed by atoms with Crippen molar-refractivity contribution in [1.29, 1.82) is 0 Å². The Bertz CT molecular complexity index is 930. The van der Waals surface area contributed by atoms with E-state index in [4.69, 9.17) is 0 Å². The van der Waals surface area contributed by atoms with Crippen molar-refractivity contribution in [2.24, 2.45) is 0 Å². The molecule has 0 fully saturated rings. The largest absolute Gasteiger partial charge is 0.343 e. The van der Waals surface area contributed by atoms with Gasteiger partial charge in [-0.25, -0.2) is 0 Å². The number of carbonyl (C=O) groups excluding carboxylic acids is 1. The molecule has 1 heterocycles. The molecule has 0 aliphatic rings. The number of benzene rings is 2. The number of nitrogens with zero attached hydrogens (tertiary/aromatic N) is 2. The molecule has 0 bridgehead atoms. The van der Waals surface area contributed by atoms with E-state index in [2.05, 4.69) is 31.1 Å². The van der Waals surface area contributed by atoms with Gasteiger partial charge >= 0.3 is 0 Å². The fraction of sp³-hybridized carbons (Fsp3) is 0.217. The summed E-state index contributed by atoms with van der Waals surface area (Å²) in [6, 6.07) is 19.8. The van der Waals surface area contributed by atoms with Crippen LogP contribution in [0, 0.1) is 0 Å². The third-order valence-corrected chi connectivity index (χ3v) is 4.50. The number of aromatic nitrogens is 1. The molecule has 27 heavy (non-hydrogen) atoms. The molecule has 0 saturated carbocycles. The number of hydrogen-bond donors (Lipinski definition) is 1. The van der Waals surface area contributed by atoms with Crippen LogP contribution < -0.4 is 10.2 Å². The van der Waals surface area contributed by atoms with Crippen LogP contribution in [-0.2, 0) is 5.41 Å². The number of pyridine rings is 1. The van der Waals surface area contributed by atoms with Gasteiger partial charge in [-0.3, -0.25) is 9.78 Å². The number of carbonyl (C=O) groups is 1. The molecule has 0 aliphatic heterocycles. The highest BCUT2D eigenvalue weighted by Gasteiger charge is 2.19. The second-order valence-corrected chi connectivity index (χ2v) is 7.58. The van der Waals surface area contributed by atoms with Crippen molar-refractivity contribution in [3.05, 3.63) is 84.2 Å². The average Bonchev–Trinajstić information content (AvgIpc) is 2.68. The highest BCUT2D eigenvalue weighted by atomic mass is 16.1. The maximum absolute atomic E-state index is 12.8. The monoisotopic (exact) mass is 359 g/mol. The molecule has 0 atom stereocenters. The lowest BCUT2D eigenvalue weighted by atomic mass is 9.86. The van der Waals surface area contributed by atoms with E-state index in [9.17, 15) is 4.79 Å². The molecule has 0 saturated heterocycles. The van der Waals surface area contributed by atoms with Gasteiger partial charge in [0.15, 0.2) is 0 Å². The molecule has 1 amide bonds. The molecular weight excluding hydrogens is 334 g/mol. The van der Waals surface area contributed by atoms with Crippen LogP contribution >= 0.6 is 0 Å². The normalized spacial score (nSPS) is 11.1. The Balaban J connectivity index is 1.85. The minimum atomic E-state index is -0.164. The Morgan fingerprint density at radius 1 is 0.926 bits per heavy atom. The summed E-state index contributed by atoms with van der Waals surface area (Å²) in [5, 5.41) is 3.04. The summed E-state index contributed by atoms with van der Waals surface area (Å²) in [5.74, 6) is -0.164. The highest BCUT2D eigenvalue weighted by molar-refractivity contribution is 6.05. The Morgan fingerprint density at radius 3 is 2.30 bits per heavy atom. The van der Waals surface area contributed by atoms with Crippen LogP contribution in [0.5, 0.6) is 0 Å². The molecule has 4 heteroatoms. The zero-order valence-electron chi connectivity index (χ0n) is 16.2. The van der Waals surface area contributed by atoms with E-state index in [1.807, 2.05) is 72.6 Å². The summed E-state index contributed by atoms with van der Waals surface area (Å²) < 4.78 is 0. The number of anilines is 3. The maximum Gasteiger partial charge on any atom is 0.257 e. The molecule has 0 unspecified atom stereocenters. The predicted molar refractivity (Wildman–Crippen MR) is 112 cm³/mol. The summed E-state index contributed by atoms with van der Waals surface area (Å²) in [7, 11) is 1.96. The lowest BCUT2D eigenvalue weighted by Gasteiger charge is -2.23. The van der Waals surface area contributed by atoms with E-state index < -0.39 is 0 Å². The molecule has 0 spiro atoms. The minimum Gasteiger partial charge on any atom is -0.343 e. The van der Waals surface area contributed by atoms with Crippen LogP contribution in [0.4, 0.5) is 17.1 Å². The highest BCUT2D eigenvalue weighted by Crippen LogP contribution is 2.30. The number of rotatable bonds is 4. The third kappa shape index (κ3) is 4.34. The summed E-state index contributed by atoms with van der Waals surface area (Å²) in [5.41, 5.74) is 4.30. The van der Waals surface area contributed by atoms with Crippen molar-refractivity contribution in [1.82, 2.24) is 4.98 Å². The van der Waals surface area contributed by atoms with Gasteiger partial charge in [0, 0.05) is 24.6 Å². The number of para-hydroxylation sites is 2. The van der Waals surface area contributed by atoms with Gasteiger partial charge in [-0.1, -0.05) is 57.2 Å². The minimum absolute atomic E-state index is 0.0580. The number of hydrogen-bond acceptors (Lipinski definition) is 3. The van der Waals surface area contributed by atoms with E-state index >= 15 is 0 Å². The van der Waals surface area contributed by atoms with Crippen molar-refractivity contribution in [3.8, 4) is 0 Å². The van der Waals surface area contributed by atoms with Gasteiger partial charge in [0.25, 0.3) is 5.91 Å². The molecule has 0 aliphatic carbocycles. The smallest absolute Gasteiger partial charge is 0.257 e. The lowest BCUT2D eigenvalue weighted by molar-refractivity contribution is 0.102. The van der Waals surface area contributed by atoms with Gasteiger partial charge in [0.2, 0.25) is 0 Å². The van der Waals surface area contributed by atoms with Gasteiger partial charge in [0.1, 0.15) is 0 Å². The summed E-state index contributed by atoms with van der Waals surface area (Å²) in [4.78, 5) is 19.1. The van der Waals surface area contributed by atoms with E-state index in [0.29, 0.717) is 5.56 Å². The number of nitrogens with one attached hydrogen (secondary N) is 1. The zero-order valence-corrected chi connectivity index (χ0v) is 16.2. The first-order valence-electron chi connectivity index (χ1n) is 9.01. The summed E-state index contributed by atoms with van der Waals surface area (Å²) >= 11 is 0. The first kappa shape index (κ1) is 18.6. The van der Waals surface area contributed by atoms with E-state index in [-0.39, 0.29) is 11.3 Å². The topological polar surface area (TPSA) is 45.2 Å². The standard InChI is InChI=1S/C23H25N3O/c1-23(2,3)20-12-8-9-13-21(20)25-22(27)17-14-19(16-24-15-17)26(4)18-10-6-5-7-11-18/h5-16H,1-4H3,(H,25,27). The number of amides is 1. The van der Waals surface area contributed by atoms with Crippen LogP contribution in [0.3, 0.4) is 0 Å². The van der Waals surface area contributed by atoms with E-state index in [1.165, 1.54) is 0 Å². The van der Waals surface area contributed by atoms with Crippen molar-refractivity contribution >= 4 is 23.0 Å². The van der Waals surface area contributed by atoms with Crippen LogP contribution in [0.25, 0.3) is 0 Å². The average molecular weight is 359 g/mol. The fourth-order valence-corrected chi connectivity index (χ4v) is 2.98. The van der Waals surface area contributed by atoms with Gasteiger partial charge < -0.3 is 10.2 Å². The fourth-order valence-electron chi connectivity index (χ4n) is 2.98. The van der Waals surface area contributed by atoms with Gasteiger partial charge in [0.05, 0.1) is 17.4 Å². The Morgan fingerprint density at radius 2 is 1.59 bits per heavy atom. The summed E-state index contributed by atoms with van der Waals surface area (Å²) in [6.07, 6.45) is 3.35. The molecule has 1 aromatic heterocycles. The summed E-state index contributed by atoms with van der Waals surface area (Å²) in [6.45, 7) is 6.40. The third-order valence-electron chi connectivity index (χ3n) is 4.50. The quantitative estimate of drug-likeness (QED) is 0.678. The van der Waals surface area contributed by atoms with Gasteiger partial charge in [-0.15, -0.1) is 0 Å². The maximum atomic E-state index is 12.8. The first-order valence-corrected chi connectivity index (χ1v) is 9.01. The van der Waals surface area contributed by atoms with Crippen LogP contribution in [0.15, 0.2) is 73.1 Å². The Hall–Kier alpha value is -3.14. The predicted octanol–water partition coefficient (Wildman–Crippen LogP) is 5.40. The Labute approximate surface area is 160 Å². The SMILES string of the molecule is CN(c1ccccc1)c1cncc(C(=O)Nc2ccccc2C(C)(C)C)c1. The second kappa shape index (κ2) is 7.62. The second-order valence-electron chi connectivity index (χ2n) is 7.58. The lowest BCUT2D eigenvalue weighted by Crippen LogP contribution is -2.19. The van der Waals surface area contributed by atoms with Crippen molar-refractivity contribution in [2.75, 3.05) is 17.3 Å². The molecule has 1 N–H and O–H groups in total. The van der Waals surface area contributed by atoms with Crippen molar-refractivity contribution in [2.45, 2.75) is 26.2 Å².